The lowest BCUT2D eigenvalue weighted by Crippen LogP contribution is -2.17. The summed E-state index contributed by atoms with van der Waals surface area (Å²) in [6, 6.07) is 0.798. The van der Waals surface area contributed by atoms with E-state index in [4.69, 9.17) is 10.9 Å². The zero-order chi connectivity index (χ0) is 11.8. The van der Waals surface area contributed by atoms with Gasteiger partial charge in [0.25, 0.3) is 6.43 Å². The predicted octanol–water partition coefficient (Wildman–Crippen LogP) is 0.853. The summed E-state index contributed by atoms with van der Waals surface area (Å²) in [4.78, 5) is 2.97. The SMILES string of the molecule is Nc1cc(C(F)F)nc(I)c1S(N)(=O)=O. The third-order valence-electron chi connectivity index (χ3n) is 1.49. The smallest absolute Gasteiger partial charge is 0.280 e. The van der Waals surface area contributed by atoms with Crippen LogP contribution in [0, 0.1) is 3.70 Å². The quantitative estimate of drug-likeness (QED) is 0.611. The molecule has 0 bridgehead atoms. The second-order valence-corrected chi connectivity index (χ2v) is 5.12. The van der Waals surface area contributed by atoms with Crippen LogP contribution in [0.2, 0.25) is 0 Å². The summed E-state index contributed by atoms with van der Waals surface area (Å²) in [7, 11) is -4.05. The van der Waals surface area contributed by atoms with E-state index in [0.717, 1.165) is 6.07 Å². The first-order valence-corrected chi connectivity index (χ1v) is 6.13. The number of alkyl halides is 2. The van der Waals surface area contributed by atoms with E-state index in [9.17, 15) is 17.2 Å². The van der Waals surface area contributed by atoms with E-state index < -0.39 is 27.0 Å². The second kappa shape index (κ2) is 4.14. The molecule has 1 heterocycles. The molecule has 1 aromatic heterocycles. The molecular formula is C6H6F2IN3O2S. The van der Waals surface area contributed by atoms with E-state index >= 15 is 0 Å². The monoisotopic (exact) mass is 349 g/mol. The number of aromatic nitrogens is 1. The van der Waals surface area contributed by atoms with Gasteiger partial charge in [-0.2, -0.15) is 0 Å². The van der Waals surface area contributed by atoms with Crippen molar-refractivity contribution in [2.24, 2.45) is 5.14 Å². The van der Waals surface area contributed by atoms with Gasteiger partial charge in [-0.05, 0) is 28.7 Å². The van der Waals surface area contributed by atoms with E-state index in [1.54, 1.807) is 0 Å². The number of nitrogen functional groups attached to an aromatic ring is 1. The lowest BCUT2D eigenvalue weighted by atomic mass is 10.3. The molecule has 4 N–H and O–H groups in total. The Morgan fingerprint density at radius 1 is 1.47 bits per heavy atom. The lowest BCUT2D eigenvalue weighted by Gasteiger charge is -2.07. The van der Waals surface area contributed by atoms with E-state index in [1.165, 1.54) is 22.6 Å². The average Bonchev–Trinajstić information content (AvgIpc) is 1.99. The summed E-state index contributed by atoms with van der Waals surface area (Å²) < 4.78 is 46.4. The molecule has 84 valence electrons. The van der Waals surface area contributed by atoms with Gasteiger partial charge in [0.2, 0.25) is 10.0 Å². The lowest BCUT2D eigenvalue weighted by molar-refractivity contribution is 0.146. The third kappa shape index (κ3) is 2.72. The van der Waals surface area contributed by atoms with E-state index in [1.807, 2.05) is 0 Å². The molecule has 15 heavy (non-hydrogen) atoms. The fourth-order valence-corrected chi connectivity index (χ4v) is 3.11. The van der Waals surface area contributed by atoms with Gasteiger partial charge >= 0.3 is 0 Å². The number of pyridine rings is 1. The summed E-state index contributed by atoms with van der Waals surface area (Å²) in [5, 5.41) is 4.84. The molecule has 5 nitrogen and oxygen atoms in total. The van der Waals surface area contributed by atoms with E-state index in [0.29, 0.717) is 0 Å². The van der Waals surface area contributed by atoms with Crippen molar-refractivity contribution in [1.82, 2.24) is 4.98 Å². The number of nitrogens with zero attached hydrogens (tertiary/aromatic N) is 1. The number of hydrogen-bond donors (Lipinski definition) is 2. The normalized spacial score (nSPS) is 12.1. The van der Waals surface area contributed by atoms with Crippen LogP contribution in [0.1, 0.15) is 12.1 Å². The second-order valence-electron chi connectivity index (χ2n) is 2.60. The fraction of sp³-hybridized carbons (Fsp3) is 0.167. The van der Waals surface area contributed by atoms with Crippen LogP contribution < -0.4 is 10.9 Å². The van der Waals surface area contributed by atoms with Crippen LogP contribution in [0.15, 0.2) is 11.0 Å². The van der Waals surface area contributed by atoms with Crippen molar-refractivity contribution in [3.63, 3.8) is 0 Å². The molecular weight excluding hydrogens is 343 g/mol. The number of rotatable bonds is 2. The van der Waals surface area contributed by atoms with E-state index in [-0.39, 0.29) is 9.39 Å². The van der Waals surface area contributed by atoms with Gasteiger partial charge in [0.05, 0.1) is 5.69 Å². The Morgan fingerprint density at radius 3 is 2.33 bits per heavy atom. The van der Waals surface area contributed by atoms with Crippen LogP contribution in [0.4, 0.5) is 14.5 Å². The summed E-state index contributed by atoms with van der Waals surface area (Å²) >= 11 is 1.49. The van der Waals surface area contributed by atoms with Crippen molar-refractivity contribution in [1.29, 1.82) is 0 Å². The number of hydrogen-bond acceptors (Lipinski definition) is 4. The maximum atomic E-state index is 12.3. The van der Waals surface area contributed by atoms with Gasteiger partial charge in [0.1, 0.15) is 14.3 Å². The van der Waals surface area contributed by atoms with Crippen molar-refractivity contribution in [3.05, 3.63) is 15.5 Å². The minimum Gasteiger partial charge on any atom is -0.397 e. The number of primary sulfonamides is 1. The van der Waals surface area contributed by atoms with Gasteiger partial charge < -0.3 is 5.73 Å². The highest BCUT2D eigenvalue weighted by Gasteiger charge is 2.21. The highest BCUT2D eigenvalue weighted by Crippen LogP contribution is 2.27. The predicted molar refractivity (Wildman–Crippen MR) is 57.7 cm³/mol. The van der Waals surface area contributed by atoms with Crippen LogP contribution in [-0.2, 0) is 10.0 Å². The van der Waals surface area contributed by atoms with Crippen molar-refractivity contribution in [2.45, 2.75) is 11.3 Å². The molecule has 0 radical (unpaired) electrons. The van der Waals surface area contributed by atoms with Gasteiger partial charge in [-0.3, -0.25) is 0 Å². The van der Waals surface area contributed by atoms with Gasteiger partial charge in [-0.15, -0.1) is 0 Å². The zero-order valence-corrected chi connectivity index (χ0v) is 10.1. The van der Waals surface area contributed by atoms with Gasteiger partial charge in [-0.1, -0.05) is 0 Å². The highest BCUT2D eigenvalue weighted by molar-refractivity contribution is 14.1. The highest BCUT2D eigenvalue weighted by atomic mass is 127. The van der Waals surface area contributed by atoms with E-state index in [2.05, 4.69) is 4.98 Å². The van der Waals surface area contributed by atoms with Crippen molar-refractivity contribution in [3.8, 4) is 0 Å². The van der Waals surface area contributed by atoms with Crippen molar-refractivity contribution < 1.29 is 17.2 Å². The van der Waals surface area contributed by atoms with Crippen LogP contribution in [-0.4, -0.2) is 13.4 Å². The molecule has 1 rings (SSSR count). The first-order valence-electron chi connectivity index (χ1n) is 3.50. The zero-order valence-electron chi connectivity index (χ0n) is 7.12. The van der Waals surface area contributed by atoms with Gasteiger partial charge in [-0.25, -0.2) is 27.3 Å². The molecule has 0 fully saturated rings. The Bertz CT molecular complexity index is 468. The van der Waals surface area contributed by atoms with Gasteiger partial charge in [0.15, 0.2) is 0 Å². The number of sulfonamides is 1. The first-order chi connectivity index (χ1) is 6.73. The Hall–Kier alpha value is -0.550. The molecule has 0 aliphatic heterocycles. The minimum atomic E-state index is -4.05. The van der Waals surface area contributed by atoms with Crippen molar-refractivity contribution in [2.75, 3.05) is 5.73 Å². The molecule has 0 unspecified atom stereocenters. The number of nitrogens with two attached hydrogens (primary N) is 2. The minimum absolute atomic E-state index is 0.162. The Kier molecular flexibility index (Phi) is 3.45. The Balaban J connectivity index is 3.48. The van der Waals surface area contributed by atoms with Crippen molar-refractivity contribution >= 4 is 38.3 Å². The molecule has 0 saturated carbocycles. The summed E-state index contributed by atoms with van der Waals surface area (Å²) in [6.07, 6.45) is -2.81. The first kappa shape index (κ1) is 12.5. The molecule has 0 aromatic carbocycles. The van der Waals surface area contributed by atoms with Crippen LogP contribution in [0.5, 0.6) is 0 Å². The molecule has 0 amide bonds. The van der Waals surface area contributed by atoms with Gasteiger partial charge in [0, 0.05) is 0 Å². The molecule has 0 atom stereocenters. The molecule has 0 spiro atoms. The third-order valence-corrected chi connectivity index (χ3v) is 3.63. The van der Waals surface area contributed by atoms with Crippen LogP contribution in [0.25, 0.3) is 0 Å². The molecule has 0 aliphatic carbocycles. The summed E-state index contributed by atoms with van der Waals surface area (Å²) in [5.74, 6) is 0. The topological polar surface area (TPSA) is 99.1 Å². The molecule has 1 aromatic rings. The molecule has 9 heteroatoms. The Labute approximate surface area is 98.0 Å². The number of halogens is 3. The summed E-state index contributed by atoms with van der Waals surface area (Å²) in [5.41, 5.74) is 4.40. The fourth-order valence-electron chi connectivity index (χ4n) is 0.934. The van der Waals surface area contributed by atoms with Crippen LogP contribution >= 0.6 is 22.6 Å². The van der Waals surface area contributed by atoms with Crippen LogP contribution in [0.3, 0.4) is 0 Å². The number of anilines is 1. The molecule has 0 saturated heterocycles. The summed E-state index contributed by atoms with van der Waals surface area (Å²) in [6.45, 7) is 0. The molecule has 0 aliphatic rings. The maximum absolute atomic E-state index is 12.3. The maximum Gasteiger partial charge on any atom is 0.280 e. The standard InChI is InChI=1S/C6H6F2IN3O2S/c7-5(8)3-1-2(10)4(6(9)12-3)15(11,13)14/h1,5H,(H2,10,12)(H2,11,13,14). The Morgan fingerprint density at radius 2 is 2.00 bits per heavy atom. The average molecular weight is 349 g/mol. The largest absolute Gasteiger partial charge is 0.397 e.